The van der Waals surface area contributed by atoms with Crippen molar-refractivity contribution in [2.75, 3.05) is 6.61 Å². The maximum Gasteiger partial charge on any atom is 0.308 e. The quantitative estimate of drug-likeness (QED) is 0.607. The fourth-order valence-electron chi connectivity index (χ4n) is 2.43. The number of nitrogens with zero attached hydrogens (tertiary/aromatic N) is 2. The molecule has 23 heavy (non-hydrogen) atoms. The number of benzene rings is 1. The molecule has 0 saturated heterocycles. The first kappa shape index (κ1) is 16.9. The highest BCUT2D eigenvalue weighted by atomic mass is 16.5. The molecule has 0 fully saturated rings. The van der Waals surface area contributed by atoms with Crippen LogP contribution in [-0.2, 0) is 16.1 Å². The Balaban J connectivity index is 1.85. The molecule has 122 valence electrons. The molecule has 1 aromatic carbocycles. The van der Waals surface area contributed by atoms with Crippen LogP contribution >= 0.6 is 0 Å². The molecule has 0 saturated carbocycles. The van der Waals surface area contributed by atoms with Crippen molar-refractivity contribution in [2.45, 2.75) is 40.7 Å². The van der Waals surface area contributed by atoms with E-state index in [0.29, 0.717) is 12.1 Å². The molecule has 0 spiro atoms. The van der Waals surface area contributed by atoms with E-state index in [9.17, 15) is 9.59 Å². The Bertz CT molecular complexity index is 732. The first-order chi connectivity index (χ1) is 10.9. The Labute approximate surface area is 136 Å². The van der Waals surface area contributed by atoms with Gasteiger partial charge in [-0.3, -0.25) is 14.3 Å². The molecule has 0 aliphatic heterocycles. The highest BCUT2D eigenvalue weighted by molar-refractivity contribution is 5.99. The predicted octanol–water partition coefficient (Wildman–Crippen LogP) is 2.93. The lowest BCUT2D eigenvalue weighted by atomic mass is 10.0. The monoisotopic (exact) mass is 314 g/mol. The van der Waals surface area contributed by atoms with Gasteiger partial charge in [-0.2, -0.15) is 5.10 Å². The van der Waals surface area contributed by atoms with E-state index in [0.717, 1.165) is 22.5 Å². The number of aryl methyl sites for hydroxylation is 5. The van der Waals surface area contributed by atoms with E-state index in [2.05, 4.69) is 5.10 Å². The maximum absolute atomic E-state index is 12.2. The average molecular weight is 314 g/mol. The predicted molar refractivity (Wildman–Crippen MR) is 87.5 cm³/mol. The van der Waals surface area contributed by atoms with Crippen molar-refractivity contribution in [1.82, 2.24) is 9.78 Å². The molecule has 0 atom stereocenters. The number of hydrogen-bond acceptors (Lipinski definition) is 4. The fraction of sp³-hybridized carbons (Fsp3) is 0.389. The van der Waals surface area contributed by atoms with E-state index in [1.54, 1.807) is 4.68 Å². The first-order valence-electron chi connectivity index (χ1n) is 7.64. The van der Waals surface area contributed by atoms with Crippen molar-refractivity contribution in [3.63, 3.8) is 0 Å². The summed E-state index contributed by atoms with van der Waals surface area (Å²) >= 11 is 0. The highest BCUT2D eigenvalue weighted by Gasteiger charge is 2.13. The molecule has 1 heterocycles. The summed E-state index contributed by atoms with van der Waals surface area (Å²) in [5, 5.41) is 4.29. The standard InChI is InChI=1S/C18H22N2O3/c1-12-5-6-13(2)16(9-12)17(21)11-23-18(22)7-8-20-15(4)10-14(3)19-20/h5-6,9-10H,7-8,11H2,1-4H3. The third-order valence-electron chi connectivity index (χ3n) is 3.69. The summed E-state index contributed by atoms with van der Waals surface area (Å²) in [5.41, 5.74) is 4.42. The second-order valence-electron chi connectivity index (χ2n) is 5.80. The Kier molecular flexibility index (Phi) is 5.32. The van der Waals surface area contributed by atoms with Gasteiger partial charge in [-0.25, -0.2) is 0 Å². The van der Waals surface area contributed by atoms with Gasteiger partial charge in [0, 0.05) is 11.3 Å². The molecule has 0 unspecified atom stereocenters. The van der Waals surface area contributed by atoms with Crippen LogP contribution in [0.25, 0.3) is 0 Å². The molecule has 0 bridgehead atoms. The van der Waals surface area contributed by atoms with E-state index < -0.39 is 5.97 Å². The van der Waals surface area contributed by atoms with Gasteiger partial charge in [0.05, 0.1) is 18.7 Å². The van der Waals surface area contributed by atoms with Crippen LogP contribution in [0.2, 0.25) is 0 Å². The zero-order chi connectivity index (χ0) is 17.0. The number of rotatable bonds is 6. The largest absolute Gasteiger partial charge is 0.457 e. The number of ether oxygens (including phenoxy) is 1. The normalized spacial score (nSPS) is 10.6. The summed E-state index contributed by atoms with van der Waals surface area (Å²) in [5.74, 6) is -0.568. The minimum atomic E-state index is -0.392. The molecule has 0 aliphatic rings. The van der Waals surface area contributed by atoms with Crippen LogP contribution in [0.15, 0.2) is 24.3 Å². The lowest BCUT2D eigenvalue weighted by Crippen LogP contribution is -2.17. The van der Waals surface area contributed by atoms with E-state index in [4.69, 9.17) is 4.74 Å². The van der Waals surface area contributed by atoms with Gasteiger partial charge < -0.3 is 4.74 Å². The number of carbonyl (C=O) groups is 2. The SMILES string of the molecule is Cc1ccc(C)c(C(=O)COC(=O)CCn2nc(C)cc2C)c1. The van der Waals surface area contributed by atoms with Crippen LogP contribution in [0.3, 0.4) is 0 Å². The molecular weight excluding hydrogens is 292 g/mol. The zero-order valence-corrected chi connectivity index (χ0v) is 14.0. The average Bonchev–Trinajstić information content (AvgIpc) is 2.83. The summed E-state index contributed by atoms with van der Waals surface area (Å²) < 4.78 is 6.86. The van der Waals surface area contributed by atoms with Gasteiger partial charge in [0.25, 0.3) is 0 Å². The first-order valence-corrected chi connectivity index (χ1v) is 7.64. The third kappa shape index (κ3) is 4.52. The Morgan fingerprint density at radius 3 is 2.52 bits per heavy atom. The Morgan fingerprint density at radius 1 is 1.13 bits per heavy atom. The molecule has 0 aliphatic carbocycles. The minimum absolute atomic E-state index is 0.175. The summed E-state index contributed by atoms with van der Waals surface area (Å²) in [6.07, 6.45) is 0.196. The summed E-state index contributed by atoms with van der Waals surface area (Å²) in [4.78, 5) is 24.0. The van der Waals surface area contributed by atoms with Crippen molar-refractivity contribution in [3.8, 4) is 0 Å². The smallest absolute Gasteiger partial charge is 0.308 e. The molecule has 0 N–H and O–H groups in total. The van der Waals surface area contributed by atoms with Crippen molar-refractivity contribution in [2.24, 2.45) is 0 Å². The van der Waals surface area contributed by atoms with Gasteiger partial charge in [0.1, 0.15) is 0 Å². The number of aromatic nitrogens is 2. The minimum Gasteiger partial charge on any atom is -0.457 e. The van der Waals surface area contributed by atoms with Gasteiger partial charge in [-0.15, -0.1) is 0 Å². The lowest BCUT2D eigenvalue weighted by molar-refractivity contribution is -0.142. The Hall–Kier alpha value is -2.43. The molecule has 2 rings (SSSR count). The second-order valence-corrected chi connectivity index (χ2v) is 5.80. The van der Waals surface area contributed by atoms with E-state index >= 15 is 0 Å². The number of Topliss-reactive ketones (excluding diaryl/α,β-unsaturated/α-hetero) is 1. The molecule has 2 aromatic rings. The Morgan fingerprint density at radius 2 is 1.87 bits per heavy atom. The van der Waals surface area contributed by atoms with Gasteiger partial charge in [0.15, 0.2) is 6.61 Å². The number of hydrogen-bond donors (Lipinski definition) is 0. The highest BCUT2D eigenvalue weighted by Crippen LogP contribution is 2.12. The van der Waals surface area contributed by atoms with Crippen LogP contribution in [0.1, 0.15) is 39.3 Å². The third-order valence-corrected chi connectivity index (χ3v) is 3.69. The van der Waals surface area contributed by atoms with E-state index in [-0.39, 0.29) is 18.8 Å². The molecule has 5 heteroatoms. The van der Waals surface area contributed by atoms with Gasteiger partial charge in [0.2, 0.25) is 5.78 Å². The number of esters is 1. The molecule has 1 aromatic heterocycles. The molecule has 0 radical (unpaired) electrons. The topological polar surface area (TPSA) is 61.2 Å². The summed E-state index contributed by atoms with van der Waals surface area (Å²) in [7, 11) is 0. The number of ketones is 1. The summed E-state index contributed by atoms with van der Waals surface area (Å²) in [6.45, 7) is 7.88. The van der Waals surface area contributed by atoms with Crippen molar-refractivity contribution >= 4 is 11.8 Å². The van der Waals surface area contributed by atoms with Crippen LogP contribution in [-0.4, -0.2) is 28.1 Å². The van der Waals surface area contributed by atoms with E-state index in [1.807, 2.05) is 52.0 Å². The van der Waals surface area contributed by atoms with Crippen LogP contribution in [0.5, 0.6) is 0 Å². The zero-order valence-electron chi connectivity index (χ0n) is 14.0. The van der Waals surface area contributed by atoms with Crippen molar-refractivity contribution < 1.29 is 14.3 Å². The van der Waals surface area contributed by atoms with Crippen molar-refractivity contribution in [1.29, 1.82) is 0 Å². The molecule has 5 nitrogen and oxygen atoms in total. The van der Waals surface area contributed by atoms with Gasteiger partial charge in [-0.1, -0.05) is 17.7 Å². The van der Waals surface area contributed by atoms with E-state index in [1.165, 1.54) is 0 Å². The van der Waals surface area contributed by atoms with Crippen LogP contribution in [0.4, 0.5) is 0 Å². The molecular formula is C18H22N2O3. The maximum atomic E-state index is 12.2. The second kappa shape index (κ2) is 7.22. The summed E-state index contributed by atoms with van der Waals surface area (Å²) in [6, 6.07) is 7.62. The lowest BCUT2D eigenvalue weighted by Gasteiger charge is -2.08. The van der Waals surface area contributed by atoms with Gasteiger partial charge >= 0.3 is 5.97 Å². The number of carbonyl (C=O) groups excluding carboxylic acids is 2. The van der Waals surface area contributed by atoms with Gasteiger partial charge in [-0.05, 0) is 45.4 Å². The fourth-order valence-corrected chi connectivity index (χ4v) is 2.43. The van der Waals surface area contributed by atoms with Crippen LogP contribution < -0.4 is 0 Å². The molecule has 0 amide bonds. The van der Waals surface area contributed by atoms with Crippen LogP contribution in [0, 0.1) is 27.7 Å². The van der Waals surface area contributed by atoms with Crippen molar-refractivity contribution in [3.05, 3.63) is 52.3 Å².